The largest absolute Gasteiger partial charge is 0.490 e. The molecule has 2 rings (SSSR count). The maximum absolute atomic E-state index is 12.4. The summed E-state index contributed by atoms with van der Waals surface area (Å²) in [6.07, 6.45) is 1.06. The van der Waals surface area contributed by atoms with Crippen LogP contribution in [0.3, 0.4) is 0 Å². The lowest BCUT2D eigenvalue weighted by molar-refractivity contribution is -0.130. The van der Waals surface area contributed by atoms with Crippen LogP contribution in [0.25, 0.3) is 0 Å². The van der Waals surface area contributed by atoms with Crippen LogP contribution in [0, 0.1) is 0 Å². The first-order valence-corrected chi connectivity index (χ1v) is 13.8. The van der Waals surface area contributed by atoms with E-state index in [9.17, 15) is 9.59 Å². The van der Waals surface area contributed by atoms with Crippen LogP contribution in [0.2, 0.25) is 0 Å². The number of hydrogen-bond donors (Lipinski definition) is 0. The average molecular weight is 571 g/mol. The summed E-state index contributed by atoms with van der Waals surface area (Å²) in [5, 5.41) is 0. The van der Waals surface area contributed by atoms with E-state index in [1.807, 2.05) is 54.5 Å². The lowest BCUT2D eigenvalue weighted by atomic mass is 9.76. The van der Waals surface area contributed by atoms with Gasteiger partial charge in [0.05, 0.1) is 33.0 Å². The zero-order valence-corrected chi connectivity index (χ0v) is 25.4. The molecule has 0 N–H and O–H groups in total. The lowest BCUT2D eigenvalue weighted by Gasteiger charge is -2.32. The van der Waals surface area contributed by atoms with Gasteiger partial charge in [0.15, 0.2) is 23.0 Å². The molecule has 224 valence electrons. The minimum atomic E-state index is -0.823. The van der Waals surface area contributed by atoms with E-state index in [0.29, 0.717) is 55.0 Å². The Morgan fingerprint density at radius 2 is 1.22 bits per heavy atom. The fourth-order valence-electron chi connectivity index (χ4n) is 4.15. The smallest absolute Gasteiger partial charge is 0.338 e. The Kier molecular flexibility index (Phi) is 12.1. The van der Waals surface area contributed by atoms with E-state index in [2.05, 4.69) is 13.2 Å². The van der Waals surface area contributed by atoms with Gasteiger partial charge in [-0.3, -0.25) is 0 Å². The van der Waals surface area contributed by atoms with Crippen molar-refractivity contribution in [3.8, 4) is 40.2 Å². The number of carbonyl (C=O) groups is 2. The van der Waals surface area contributed by atoms with Crippen molar-refractivity contribution in [1.82, 2.24) is 0 Å². The molecule has 0 aliphatic carbocycles. The molecule has 0 unspecified atom stereocenters. The predicted molar refractivity (Wildman–Crippen MR) is 157 cm³/mol. The monoisotopic (exact) mass is 570 g/mol. The molecule has 0 aliphatic heterocycles. The molecule has 0 bridgehead atoms. The van der Waals surface area contributed by atoms with Gasteiger partial charge in [0, 0.05) is 28.2 Å². The van der Waals surface area contributed by atoms with E-state index in [1.54, 1.807) is 19.1 Å². The Bertz CT molecular complexity index is 1260. The molecule has 0 spiro atoms. The third kappa shape index (κ3) is 7.54. The maximum atomic E-state index is 12.4. The van der Waals surface area contributed by atoms with Crippen LogP contribution in [0.15, 0.2) is 43.0 Å². The first-order chi connectivity index (χ1) is 19.5. The molecule has 0 amide bonds. The van der Waals surface area contributed by atoms with Crippen LogP contribution in [0.5, 0.6) is 40.2 Å². The van der Waals surface area contributed by atoms with Gasteiger partial charge in [-0.05, 0) is 53.7 Å². The Balaban J connectivity index is 2.97. The molecule has 0 saturated carbocycles. The minimum Gasteiger partial charge on any atom is -0.490 e. The molecule has 9 nitrogen and oxygen atoms in total. The molecule has 0 aliphatic rings. The second-order valence-corrected chi connectivity index (χ2v) is 9.26. The van der Waals surface area contributed by atoms with Crippen molar-refractivity contribution < 1.29 is 42.7 Å². The summed E-state index contributed by atoms with van der Waals surface area (Å²) in [5.74, 6) is 0.682. The van der Waals surface area contributed by atoms with Crippen LogP contribution in [-0.2, 0) is 15.0 Å². The summed E-state index contributed by atoms with van der Waals surface area (Å²) in [6, 6.07) is 5.25. The average Bonchev–Trinajstić information content (AvgIpc) is 2.93. The van der Waals surface area contributed by atoms with Gasteiger partial charge >= 0.3 is 11.9 Å². The van der Waals surface area contributed by atoms with E-state index < -0.39 is 17.4 Å². The molecule has 2 aromatic carbocycles. The van der Waals surface area contributed by atoms with Crippen molar-refractivity contribution in [2.75, 3.05) is 33.0 Å². The maximum Gasteiger partial charge on any atom is 0.338 e. The van der Waals surface area contributed by atoms with Gasteiger partial charge < -0.3 is 33.2 Å². The van der Waals surface area contributed by atoms with Gasteiger partial charge in [-0.25, -0.2) is 9.59 Å². The molecular formula is C32H42O9. The Labute approximate surface area is 243 Å². The molecule has 0 aromatic heterocycles. The molecule has 41 heavy (non-hydrogen) atoms. The van der Waals surface area contributed by atoms with Crippen molar-refractivity contribution in [2.24, 2.45) is 0 Å². The molecule has 9 heteroatoms. The fourth-order valence-corrected chi connectivity index (χ4v) is 4.15. The third-order valence-electron chi connectivity index (χ3n) is 5.95. The number of rotatable bonds is 16. The Morgan fingerprint density at radius 3 is 1.73 bits per heavy atom. The van der Waals surface area contributed by atoms with E-state index in [0.717, 1.165) is 11.6 Å². The quantitative estimate of drug-likeness (QED) is 0.126. The highest BCUT2D eigenvalue weighted by molar-refractivity contribution is 5.89. The zero-order chi connectivity index (χ0) is 30.7. The SMILES string of the molecule is C=CC(=O)Oc1c(OCC)cc(C(C)(C)c2ccc(OC(=O)C(=C)C)c(OCC)c2OCC)c(OCC)c1OCC. The number of hydrogen-bond acceptors (Lipinski definition) is 9. The molecule has 0 radical (unpaired) electrons. The number of benzene rings is 2. The summed E-state index contributed by atoms with van der Waals surface area (Å²) < 4.78 is 41.4. The van der Waals surface area contributed by atoms with Crippen molar-refractivity contribution in [3.63, 3.8) is 0 Å². The number of carbonyl (C=O) groups excluding carboxylic acids is 2. The predicted octanol–water partition coefficient (Wildman–Crippen LogP) is 6.58. The zero-order valence-electron chi connectivity index (χ0n) is 25.4. The van der Waals surface area contributed by atoms with Crippen molar-refractivity contribution >= 4 is 11.9 Å². The fraction of sp³-hybridized carbons (Fsp3) is 0.438. The first kappa shape index (κ1) is 33.1. The number of ether oxygens (including phenoxy) is 7. The minimum absolute atomic E-state index is 0.101. The number of esters is 2. The van der Waals surface area contributed by atoms with Crippen LogP contribution in [-0.4, -0.2) is 45.0 Å². The van der Waals surface area contributed by atoms with E-state index >= 15 is 0 Å². The second kappa shape index (κ2) is 15.0. The van der Waals surface area contributed by atoms with Gasteiger partial charge in [-0.1, -0.05) is 33.1 Å². The van der Waals surface area contributed by atoms with Crippen LogP contribution < -0.4 is 33.2 Å². The molecule has 0 fully saturated rings. The summed E-state index contributed by atoms with van der Waals surface area (Å²) in [7, 11) is 0. The van der Waals surface area contributed by atoms with Gasteiger partial charge in [-0.15, -0.1) is 0 Å². The lowest BCUT2D eigenvalue weighted by Crippen LogP contribution is -2.23. The van der Waals surface area contributed by atoms with E-state index in [-0.39, 0.29) is 29.4 Å². The highest BCUT2D eigenvalue weighted by atomic mass is 16.6. The van der Waals surface area contributed by atoms with E-state index in [4.69, 9.17) is 33.2 Å². The second-order valence-electron chi connectivity index (χ2n) is 9.26. The Hall–Kier alpha value is -4.14. The highest BCUT2D eigenvalue weighted by Gasteiger charge is 2.37. The molecular weight excluding hydrogens is 528 g/mol. The van der Waals surface area contributed by atoms with Crippen LogP contribution in [0.1, 0.15) is 66.5 Å². The summed E-state index contributed by atoms with van der Waals surface area (Å²) >= 11 is 0. The molecule has 0 atom stereocenters. The molecule has 0 saturated heterocycles. The van der Waals surface area contributed by atoms with Gasteiger partial charge in [-0.2, -0.15) is 0 Å². The van der Waals surface area contributed by atoms with Crippen molar-refractivity contribution in [1.29, 1.82) is 0 Å². The van der Waals surface area contributed by atoms with Crippen LogP contribution >= 0.6 is 0 Å². The molecule has 2 aromatic rings. The highest BCUT2D eigenvalue weighted by Crippen LogP contribution is 2.54. The van der Waals surface area contributed by atoms with Gasteiger partial charge in [0.2, 0.25) is 17.2 Å². The van der Waals surface area contributed by atoms with Crippen LogP contribution in [0.4, 0.5) is 0 Å². The van der Waals surface area contributed by atoms with Gasteiger partial charge in [0.1, 0.15) is 0 Å². The van der Waals surface area contributed by atoms with Crippen molar-refractivity contribution in [3.05, 3.63) is 54.1 Å². The standard InChI is InChI=1S/C32H42O9/c1-11-25(33)41-29-24(35-12-2)19-22(27(37-14-4)30(29)39-16-6)32(9,10)21-17-18-23(40-31(34)20(7)8)28(38-15-5)26(21)36-13-3/h11,17-19H,1,7,12-16H2,2-6,8-10H3. The summed E-state index contributed by atoms with van der Waals surface area (Å²) in [5.41, 5.74) is 0.829. The normalized spacial score (nSPS) is 10.8. The summed E-state index contributed by atoms with van der Waals surface area (Å²) in [4.78, 5) is 24.7. The topological polar surface area (TPSA) is 98.8 Å². The third-order valence-corrected chi connectivity index (χ3v) is 5.95. The van der Waals surface area contributed by atoms with Crippen molar-refractivity contribution in [2.45, 2.75) is 60.8 Å². The Morgan fingerprint density at radius 1 is 0.707 bits per heavy atom. The molecule has 0 heterocycles. The van der Waals surface area contributed by atoms with Gasteiger partial charge in [0.25, 0.3) is 0 Å². The van der Waals surface area contributed by atoms with E-state index in [1.165, 1.54) is 0 Å². The first-order valence-electron chi connectivity index (χ1n) is 13.8. The summed E-state index contributed by atoms with van der Waals surface area (Å²) in [6.45, 7) is 23.4.